The average Bonchev–Trinajstić information content (AvgIpc) is 2.45. The van der Waals surface area contributed by atoms with Crippen molar-refractivity contribution in [1.29, 1.82) is 0 Å². The molecular formula is C14H17F3IN3O2. The third-order valence-electron chi connectivity index (χ3n) is 2.83. The van der Waals surface area contributed by atoms with E-state index in [4.69, 9.17) is 10.5 Å². The van der Waals surface area contributed by atoms with Crippen LogP contribution in [-0.2, 0) is 4.74 Å². The molecule has 3 N–H and O–H groups in total. The molecular weight excluding hydrogens is 426 g/mol. The Morgan fingerprint density at radius 3 is 2.87 bits per heavy atom. The van der Waals surface area contributed by atoms with Crippen molar-refractivity contribution in [2.24, 2.45) is 10.7 Å². The van der Waals surface area contributed by atoms with Crippen molar-refractivity contribution < 1.29 is 22.6 Å². The molecule has 0 saturated carbocycles. The molecule has 2 rings (SSSR count). The summed E-state index contributed by atoms with van der Waals surface area (Å²) in [5.41, 5.74) is 6.06. The van der Waals surface area contributed by atoms with Crippen LogP contribution < -0.4 is 15.8 Å². The van der Waals surface area contributed by atoms with Gasteiger partial charge in [0.05, 0.1) is 12.8 Å². The Morgan fingerprint density at radius 1 is 1.43 bits per heavy atom. The predicted molar refractivity (Wildman–Crippen MR) is 91.9 cm³/mol. The molecule has 1 unspecified atom stereocenters. The highest BCUT2D eigenvalue weighted by Gasteiger charge is 2.31. The molecule has 1 aromatic rings. The van der Waals surface area contributed by atoms with Crippen molar-refractivity contribution in [3.8, 4) is 5.75 Å². The van der Waals surface area contributed by atoms with Gasteiger partial charge in [0, 0.05) is 11.8 Å². The van der Waals surface area contributed by atoms with E-state index in [1.165, 1.54) is 18.2 Å². The smallest absolute Gasteiger partial charge is 0.496 e. The molecule has 0 bridgehead atoms. The quantitative estimate of drug-likeness (QED) is 0.424. The van der Waals surface area contributed by atoms with Gasteiger partial charge in [0.15, 0.2) is 5.96 Å². The second-order valence-electron chi connectivity index (χ2n) is 4.63. The Balaban J connectivity index is 0.00000264. The number of anilines is 1. The molecule has 1 atom stereocenters. The summed E-state index contributed by atoms with van der Waals surface area (Å²) in [6.45, 7) is 0.377. The Hall–Kier alpha value is -1.65. The van der Waals surface area contributed by atoms with Crippen LogP contribution in [0.1, 0.15) is 12.8 Å². The van der Waals surface area contributed by atoms with Crippen LogP contribution in [-0.4, -0.2) is 25.0 Å². The van der Waals surface area contributed by atoms with Gasteiger partial charge in [-0.05, 0) is 31.1 Å². The highest BCUT2D eigenvalue weighted by atomic mass is 127. The number of aliphatic imine (C=N–C) groups is 1. The van der Waals surface area contributed by atoms with E-state index in [2.05, 4.69) is 15.0 Å². The van der Waals surface area contributed by atoms with Crippen LogP contribution in [0.2, 0.25) is 0 Å². The fourth-order valence-electron chi connectivity index (χ4n) is 1.88. The van der Waals surface area contributed by atoms with Gasteiger partial charge in [-0.15, -0.1) is 37.1 Å². The SMILES string of the molecule is I.NC(=NCC1CCC=CO1)Nc1cccc(OC(F)(F)F)c1. The van der Waals surface area contributed by atoms with Crippen LogP contribution in [0.5, 0.6) is 5.75 Å². The first-order chi connectivity index (χ1) is 10.4. The molecule has 0 saturated heterocycles. The molecule has 9 heteroatoms. The van der Waals surface area contributed by atoms with Gasteiger partial charge >= 0.3 is 6.36 Å². The van der Waals surface area contributed by atoms with Crippen LogP contribution in [0, 0.1) is 0 Å². The standard InChI is InChI=1S/C14H16F3N3O2.HI/c15-14(16,17)22-11-6-3-4-10(8-11)20-13(18)19-9-12-5-1-2-7-21-12;/h2-4,6-8,12H,1,5,9H2,(H3,18,19,20);1H. The molecule has 1 aliphatic rings. The number of benzene rings is 1. The first kappa shape index (κ1) is 19.4. The van der Waals surface area contributed by atoms with E-state index in [1.54, 1.807) is 12.3 Å². The zero-order chi connectivity index (χ0) is 16.0. The van der Waals surface area contributed by atoms with Crippen molar-refractivity contribution in [2.75, 3.05) is 11.9 Å². The van der Waals surface area contributed by atoms with Crippen molar-refractivity contribution >= 4 is 35.6 Å². The highest BCUT2D eigenvalue weighted by Crippen LogP contribution is 2.24. The van der Waals surface area contributed by atoms with E-state index in [0.29, 0.717) is 12.2 Å². The number of ether oxygens (including phenoxy) is 2. The van der Waals surface area contributed by atoms with Crippen molar-refractivity contribution in [2.45, 2.75) is 25.3 Å². The lowest BCUT2D eigenvalue weighted by molar-refractivity contribution is -0.274. The first-order valence-electron chi connectivity index (χ1n) is 6.65. The molecule has 128 valence electrons. The van der Waals surface area contributed by atoms with Crippen LogP contribution in [0.3, 0.4) is 0 Å². The summed E-state index contributed by atoms with van der Waals surface area (Å²) in [5.74, 6) is -0.228. The van der Waals surface area contributed by atoms with E-state index in [1.807, 2.05) is 6.08 Å². The molecule has 23 heavy (non-hydrogen) atoms. The van der Waals surface area contributed by atoms with E-state index in [0.717, 1.165) is 12.8 Å². The van der Waals surface area contributed by atoms with Gasteiger partial charge in [-0.1, -0.05) is 6.07 Å². The number of allylic oxidation sites excluding steroid dienone is 1. The number of nitrogens with zero attached hydrogens (tertiary/aromatic N) is 1. The Kier molecular flexibility index (Phi) is 7.46. The van der Waals surface area contributed by atoms with Crippen molar-refractivity contribution in [3.05, 3.63) is 36.6 Å². The number of nitrogens with two attached hydrogens (primary N) is 1. The monoisotopic (exact) mass is 443 g/mol. The van der Waals surface area contributed by atoms with Crippen LogP contribution in [0.4, 0.5) is 18.9 Å². The van der Waals surface area contributed by atoms with Crippen LogP contribution >= 0.6 is 24.0 Å². The fraction of sp³-hybridized carbons (Fsp3) is 0.357. The molecule has 0 amide bonds. The van der Waals surface area contributed by atoms with Crippen LogP contribution in [0.15, 0.2) is 41.6 Å². The lowest BCUT2D eigenvalue weighted by Gasteiger charge is -2.17. The number of hydrogen-bond acceptors (Lipinski definition) is 3. The highest BCUT2D eigenvalue weighted by molar-refractivity contribution is 14.0. The number of alkyl halides is 3. The van der Waals surface area contributed by atoms with Gasteiger partial charge in [0.2, 0.25) is 0 Å². The average molecular weight is 443 g/mol. The van der Waals surface area contributed by atoms with Gasteiger partial charge in [-0.2, -0.15) is 0 Å². The molecule has 1 aromatic carbocycles. The topological polar surface area (TPSA) is 68.9 Å². The molecule has 1 aliphatic heterocycles. The summed E-state index contributed by atoms with van der Waals surface area (Å²) in [6.07, 6.45) is 0.556. The third kappa shape index (κ3) is 7.44. The number of rotatable bonds is 4. The van der Waals surface area contributed by atoms with Crippen molar-refractivity contribution in [1.82, 2.24) is 0 Å². The number of hydrogen-bond donors (Lipinski definition) is 2. The van der Waals surface area contributed by atoms with E-state index < -0.39 is 6.36 Å². The normalized spacial score (nSPS) is 17.9. The maximum atomic E-state index is 12.2. The lowest BCUT2D eigenvalue weighted by atomic mass is 10.2. The minimum absolute atomic E-state index is 0. The number of halogens is 4. The summed E-state index contributed by atoms with van der Waals surface area (Å²) < 4.78 is 45.6. The Labute approximate surface area is 148 Å². The van der Waals surface area contributed by atoms with Crippen molar-refractivity contribution in [3.63, 3.8) is 0 Å². The minimum atomic E-state index is -4.73. The second kappa shape index (κ2) is 8.85. The molecule has 0 aromatic heterocycles. The summed E-state index contributed by atoms with van der Waals surface area (Å²) in [4.78, 5) is 4.11. The molecule has 0 spiro atoms. The molecule has 0 radical (unpaired) electrons. The molecule has 0 fully saturated rings. The number of nitrogens with one attached hydrogen (secondary N) is 1. The zero-order valence-corrected chi connectivity index (χ0v) is 14.4. The minimum Gasteiger partial charge on any atom is -0.496 e. The molecule has 1 heterocycles. The predicted octanol–water partition coefficient (Wildman–Crippen LogP) is 3.62. The van der Waals surface area contributed by atoms with E-state index in [9.17, 15) is 13.2 Å². The number of guanidine groups is 1. The second-order valence-corrected chi connectivity index (χ2v) is 4.63. The van der Waals surface area contributed by atoms with Gasteiger partial charge < -0.3 is 20.5 Å². The summed E-state index contributed by atoms with van der Waals surface area (Å²) >= 11 is 0. The Morgan fingerprint density at radius 2 is 2.22 bits per heavy atom. The fourth-order valence-corrected chi connectivity index (χ4v) is 1.88. The summed E-state index contributed by atoms with van der Waals surface area (Å²) in [5, 5.41) is 2.71. The maximum absolute atomic E-state index is 12.2. The lowest BCUT2D eigenvalue weighted by Crippen LogP contribution is -2.26. The van der Waals surface area contributed by atoms with Crippen LogP contribution in [0.25, 0.3) is 0 Å². The van der Waals surface area contributed by atoms with Gasteiger partial charge in [0.25, 0.3) is 0 Å². The Bertz CT molecular complexity index is 564. The zero-order valence-electron chi connectivity index (χ0n) is 12.0. The molecule has 0 aliphatic carbocycles. The van der Waals surface area contributed by atoms with E-state index >= 15 is 0 Å². The van der Waals surface area contributed by atoms with Gasteiger partial charge in [-0.3, -0.25) is 0 Å². The summed E-state index contributed by atoms with van der Waals surface area (Å²) in [6, 6.07) is 5.38. The summed E-state index contributed by atoms with van der Waals surface area (Å²) in [7, 11) is 0. The first-order valence-corrected chi connectivity index (χ1v) is 6.65. The maximum Gasteiger partial charge on any atom is 0.573 e. The third-order valence-corrected chi connectivity index (χ3v) is 2.83. The van der Waals surface area contributed by atoms with Gasteiger partial charge in [-0.25, -0.2) is 4.99 Å². The largest absolute Gasteiger partial charge is 0.573 e. The van der Waals surface area contributed by atoms with Gasteiger partial charge in [0.1, 0.15) is 11.9 Å². The molecule has 5 nitrogen and oxygen atoms in total. The van der Waals surface area contributed by atoms with E-state index in [-0.39, 0.29) is 41.8 Å².